The summed E-state index contributed by atoms with van der Waals surface area (Å²) in [6.07, 6.45) is 12.3. The molecule has 0 bridgehead atoms. The summed E-state index contributed by atoms with van der Waals surface area (Å²) < 4.78 is 8.11. The SMILES string of the molecule is CC(C)n1cc(-c2ccc3cnc(CC(=O)c4cccc(OC5CCCCC5)c4)cc3c2)cn1. The van der Waals surface area contributed by atoms with Gasteiger partial charge in [-0.25, -0.2) is 0 Å². The lowest BCUT2D eigenvalue weighted by atomic mass is 9.97. The predicted octanol–water partition coefficient (Wildman–Crippen LogP) is 6.82. The Morgan fingerprint density at radius 2 is 1.85 bits per heavy atom. The van der Waals surface area contributed by atoms with Crippen LogP contribution in [0.15, 0.2) is 67.1 Å². The lowest BCUT2D eigenvalue weighted by Gasteiger charge is -2.23. The Morgan fingerprint density at radius 1 is 1.00 bits per heavy atom. The fourth-order valence-electron chi connectivity index (χ4n) is 4.62. The molecule has 0 N–H and O–H groups in total. The van der Waals surface area contributed by atoms with Crippen LogP contribution in [0.4, 0.5) is 0 Å². The summed E-state index contributed by atoms with van der Waals surface area (Å²) in [7, 11) is 0. The van der Waals surface area contributed by atoms with E-state index in [2.05, 4.69) is 48.3 Å². The summed E-state index contributed by atoms with van der Waals surface area (Å²) in [5.41, 5.74) is 3.63. The number of fused-ring (bicyclic) bond motifs is 1. The Labute approximate surface area is 200 Å². The maximum absolute atomic E-state index is 13.0. The molecule has 1 saturated carbocycles. The third-order valence-electron chi connectivity index (χ3n) is 6.59. The number of ether oxygens (including phenoxy) is 1. The van der Waals surface area contributed by atoms with E-state index in [4.69, 9.17) is 4.74 Å². The van der Waals surface area contributed by atoms with E-state index in [1.54, 1.807) is 0 Å². The molecule has 1 aliphatic carbocycles. The van der Waals surface area contributed by atoms with Crippen LogP contribution < -0.4 is 4.74 Å². The largest absolute Gasteiger partial charge is 0.490 e. The average molecular weight is 454 g/mol. The van der Waals surface area contributed by atoms with Crippen LogP contribution in [0.3, 0.4) is 0 Å². The molecular weight excluding hydrogens is 422 g/mol. The van der Waals surface area contributed by atoms with Crippen LogP contribution in [0, 0.1) is 0 Å². The lowest BCUT2D eigenvalue weighted by molar-refractivity contribution is 0.0990. The molecule has 1 fully saturated rings. The first kappa shape index (κ1) is 22.3. The zero-order chi connectivity index (χ0) is 23.5. The second-order valence-electron chi connectivity index (χ2n) is 9.55. The van der Waals surface area contributed by atoms with Gasteiger partial charge in [0.2, 0.25) is 0 Å². The van der Waals surface area contributed by atoms with Gasteiger partial charge < -0.3 is 4.74 Å². The molecule has 5 heteroatoms. The number of hydrogen-bond donors (Lipinski definition) is 0. The molecule has 0 saturated heterocycles. The zero-order valence-electron chi connectivity index (χ0n) is 19.9. The topological polar surface area (TPSA) is 57.0 Å². The van der Waals surface area contributed by atoms with Gasteiger partial charge in [0, 0.05) is 40.6 Å². The minimum atomic E-state index is 0.0512. The molecule has 0 aliphatic heterocycles. The van der Waals surface area contributed by atoms with Gasteiger partial charge >= 0.3 is 0 Å². The van der Waals surface area contributed by atoms with Crippen LogP contribution in [0.5, 0.6) is 5.75 Å². The van der Waals surface area contributed by atoms with Crippen molar-refractivity contribution in [1.82, 2.24) is 14.8 Å². The van der Waals surface area contributed by atoms with E-state index < -0.39 is 0 Å². The van der Waals surface area contributed by atoms with Crippen LogP contribution in [-0.4, -0.2) is 26.7 Å². The zero-order valence-corrected chi connectivity index (χ0v) is 19.9. The summed E-state index contributed by atoms with van der Waals surface area (Å²) in [6, 6.07) is 16.2. The Balaban J connectivity index is 1.33. The van der Waals surface area contributed by atoms with Gasteiger partial charge in [-0.3, -0.25) is 14.5 Å². The number of aromatic nitrogens is 3. The molecule has 2 aromatic carbocycles. The summed E-state index contributed by atoms with van der Waals surface area (Å²) in [5.74, 6) is 0.839. The highest BCUT2D eigenvalue weighted by atomic mass is 16.5. The highest BCUT2D eigenvalue weighted by Gasteiger charge is 2.16. The second-order valence-corrected chi connectivity index (χ2v) is 9.55. The minimum absolute atomic E-state index is 0.0512. The first-order valence-electron chi connectivity index (χ1n) is 12.3. The molecule has 0 radical (unpaired) electrons. The van der Waals surface area contributed by atoms with Gasteiger partial charge in [-0.05, 0) is 74.7 Å². The number of hydrogen-bond acceptors (Lipinski definition) is 4. The molecule has 4 aromatic rings. The van der Waals surface area contributed by atoms with Crippen molar-refractivity contribution in [2.24, 2.45) is 0 Å². The third kappa shape index (κ3) is 5.04. The van der Waals surface area contributed by atoms with Crippen molar-refractivity contribution in [3.8, 4) is 16.9 Å². The van der Waals surface area contributed by atoms with Gasteiger partial charge in [-0.2, -0.15) is 5.10 Å². The maximum atomic E-state index is 13.0. The molecule has 0 spiro atoms. The van der Waals surface area contributed by atoms with Gasteiger partial charge in [0.25, 0.3) is 0 Å². The number of Topliss-reactive ketones (excluding diaryl/α,β-unsaturated/α-hetero) is 1. The maximum Gasteiger partial charge on any atom is 0.168 e. The van der Waals surface area contributed by atoms with E-state index in [1.165, 1.54) is 19.3 Å². The van der Waals surface area contributed by atoms with Crippen LogP contribution in [0.1, 0.15) is 68.0 Å². The molecule has 0 amide bonds. The highest BCUT2D eigenvalue weighted by molar-refractivity contribution is 5.98. The van der Waals surface area contributed by atoms with E-state index in [9.17, 15) is 4.79 Å². The van der Waals surface area contributed by atoms with Crippen LogP contribution in [-0.2, 0) is 6.42 Å². The quantitative estimate of drug-likeness (QED) is 0.288. The Bertz CT molecular complexity index is 1300. The Kier molecular flexibility index (Phi) is 6.43. The average Bonchev–Trinajstić information content (AvgIpc) is 3.35. The van der Waals surface area contributed by atoms with E-state index in [0.717, 1.165) is 46.2 Å². The monoisotopic (exact) mass is 453 g/mol. The van der Waals surface area contributed by atoms with Crippen molar-refractivity contribution >= 4 is 16.6 Å². The molecule has 0 atom stereocenters. The van der Waals surface area contributed by atoms with Gasteiger partial charge in [0.05, 0.1) is 18.7 Å². The van der Waals surface area contributed by atoms with E-state index in [-0.39, 0.29) is 18.3 Å². The van der Waals surface area contributed by atoms with Crippen LogP contribution in [0.25, 0.3) is 21.9 Å². The summed E-state index contributed by atoms with van der Waals surface area (Å²) >= 11 is 0. The smallest absolute Gasteiger partial charge is 0.168 e. The molecule has 5 rings (SSSR count). The summed E-state index contributed by atoms with van der Waals surface area (Å²) in [4.78, 5) is 17.6. The summed E-state index contributed by atoms with van der Waals surface area (Å²) in [5, 5.41) is 6.58. The summed E-state index contributed by atoms with van der Waals surface area (Å²) in [6.45, 7) is 4.23. The second kappa shape index (κ2) is 9.80. The molecule has 0 unspecified atom stereocenters. The molecule has 174 valence electrons. The number of rotatable bonds is 7. The number of ketones is 1. The Hall–Kier alpha value is -3.47. The molecule has 2 heterocycles. The van der Waals surface area contributed by atoms with E-state index in [0.29, 0.717) is 11.6 Å². The van der Waals surface area contributed by atoms with Crippen molar-refractivity contribution in [1.29, 1.82) is 0 Å². The van der Waals surface area contributed by atoms with Crippen molar-refractivity contribution < 1.29 is 9.53 Å². The van der Waals surface area contributed by atoms with Gasteiger partial charge in [-0.15, -0.1) is 0 Å². The van der Waals surface area contributed by atoms with Crippen molar-refractivity contribution in [2.75, 3.05) is 0 Å². The van der Waals surface area contributed by atoms with Gasteiger partial charge in [-0.1, -0.05) is 30.7 Å². The lowest BCUT2D eigenvalue weighted by Crippen LogP contribution is -2.19. The number of carbonyl (C=O) groups excluding carboxylic acids is 1. The van der Waals surface area contributed by atoms with E-state index >= 15 is 0 Å². The number of benzene rings is 2. The van der Waals surface area contributed by atoms with Gasteiger partial charge in [0.15, 0.2) is 5.78 Å². The number of nitrogens with zero attached hydrogens (tertiary/aromatic N) is 3. The third-order valence-corrected chi connectivity index (χ3v) is 6.59. The molecule has 5 nitrogen and oxygen atoms in total. The predicted molar refractivity (Wildman–Crippen MR) is 135 cm³/mol. The molecule has 1 aliphatic rings. The fourth-order valence-corrected chi connectivity index (χ4v) is 4.62. The van der Waals surface area contributed by atoms with Crippen molar-refractivity contribution in [3.63, 3.8) is 0 Å². The van der Waals surface area contributed by atoms with Crippen LogP contribution >= 0.6 is 0 Å². The Morgan fingerprint density at radius 3 is 2.65 bits per heavy atom. The highest BCUT2D eigenvalue weighted by Crippen LogP contribution is 2.26. The fraction of sp³-hybridized carbons (Fsp3) is 0.345. The molecular formula is C29H31N3O2. The number of carbonyl (C=O) groups is 1. The van der Waals surface area contributed by atoms with Gasteiger partial charge in [0.1, 0.15) is 5.75 Å². The molecule has 34 heavy (non-hydrogen) atoms. The van der Waals surface area contributed by atoms with Crippen molar-refractivity contribution in [2.45, 2.75) is 64.5 Å². The van der Waals surface area contributed by atoms with Crippen LogP contribution in [0.2, 0.25) is 0 Å². The van der Waals surface area contributed by atoms with E-state index in [1.807, 2.05) is 47.4 Å². The van der Waals surface area contributed by atoms with Crippen molar-refractivity contribution in [3.05, 3.63) is 78.4 Å². The molecule has 2 aromatic heterocycles. The minimum Gasteiger partial charge on any atom is -0.490 e. The first-order valence-corrected chi connectivity index (χ1v) is 12.3. The first-order chi connectivity index (χ1) is 16.5. The standard InChI is InChI=1S/C29H31N3O2/c1-20(2)32-19-25(18-31-32)21-11-12-23-17-30-26(14-24(23)13-21)16-29(33)22-7-6-10-28(15-22)34-27-8-4-3-5-9-27/h6-7,10-15,17-20,27H,3-5,8-9,16H2,1-2H3. The normalized spacial score (nSPS) is 14.6. The number of pyridine rings is 1.